The van der Waals surface area contributed by atoms with Crippen molar-refractivity contribution in [2.45, 2.75) is 64.1 Å². The summed E-state index contributed by atoms with van der Waals surface area (Å²) in [6.07, 6.45) is 10.4. The molecule has 0 radical (unpaired) electrons. The van der Waals surface area contributed by atoms with Crippen molar-refractivity contribution in [1.29, 1.82) is 10.5 Å². The van der Waals surface area contributed by atoms with Gasteiger partial charge < -0.3 is 25.6 Å². The first-order valence-corrected chi connectivity index (χ1v) is 19.5. The highest BCUT2D eigenvalue weighted by Gasteiger charge is 2.28. The van der Waals surface area contributed by atoms with Crippen LogP contribution in [-0.2, 0) is 4.74 Å². The number of rotatable bonds is 6. The normalized spacial score (nSPS) is 16.9. The number of imidazole rings is 2. The number of anilines is 2. The van der Waals surface area contributed by atoms with E-state index in [1.54, 1.807) is 32.0 Å². The van der Waals surface area contributed by atoms with E-state index in [2.05, 4.69) is 38.1 Å². The Bertz CT molecular complexity index is 2460. The molecular formula is C41H42Cl2N12O2. The zero-order valence-corrected chi connectivity index (χ0v) is 33.3. The van der Waals surface area contributed by atoms with Crippen LogP contribution in [-0.4, -0.2) is 83.6 Å². The van der Waals surface area contributed by atoms with Crippen LogP contribution in [0.25, 0.3) is 33.8 Å². The Kier molecular flexibility index (Phi) is 11.8. The van der Waals surface area contributed by atoms with Gasteiger partial charge in [0.25, 0.3) is 0 Å². The lowest BCUT2D eigenvalue weighted by Gasteiger charge is -2.34. The third-order valence-corrected chi connectivity index (χ3v) is 10.1. The topological polar surface area (TPSA) is 174 Å². The number of hydrogen-bond acceptors (Lipinski definition) is 11. The number of nitrogens with zero attached hydrogens (tertiary/aromatic N) is 9. The van der Waals surface area contributed by atoms with E-state index < -0.39 is 5.60 Å². The Morgan fingerprint density at radius 3 is 1.79 bits per heavy atom. The molecule has 0 unspecified atom stereocenters. The second kappa shape index (κ2) is 17.1. The first-order valence-electron chi connectivity index (χ1n) is 18.8. The van der Waals surface area contributed by atoms with Gasteiger partial charge in [-0.2, -0.15) is 10.5 Å². The molecule has 1 amide bonds. The highest BCUT2D eigenvalue weighted by molar-refractivity contribution is 6.30. The van der Waals surface area contributed by atoms with Gasteiger partial charge in [0.2, 0.25) is 0 Å². The number of carbonyl (C=O) groups is 1. The number of halogens is 2. The molecule has 2 atom stereocenters. The summed E-state index contributed by atoms with van der Waals surface area (Å²) in [7, 11) is 0. The van der Waals surface area contributed by atoms with Gasteiger partial charge >= 0.3 is 6.09 Å². The fourth-order valence-electron chi connectivity index (χ4n) is 6.79. The van der Waals surface area contributed by atoms with Gasteiger partial charge in [-0.25, -0.2) is 24.7 Å². The summed E-state index contributed by atoms with van der Waals surface area (Å²) in [4.78, 5) is 32.5. The predicted octanol–water partition coefficient (Wildman–Crippen LogP) is 7.82. The summed E-state index contributed by atoms with van der Waals surface area (Å²) in [6, 6.07) is 19.5. The zero-order chi connectivity index (χ0) is 40.1. The lowest BCUT2D eigenvalue weighted by molar-refractivity contribution is 0.0206. The van der Waals surface area contributed by atoms with Crippen molar-refractivity contribution >= 4 is 52.2 Å². The van der Waals surface area contributed by atoms with Crippen LogP contribution < -0.4 is 16.0 Å². The molecule has 2 aliphatic rings. The second-order valence-electron chi connectivity index (χ2n) is 15.0. The van der Waals surface area contributed by atoms with Gasteiger partial charge in [0.05, 0.1) is 23.8 Å². The molecule has 2 aliphatic heterocycles. The lowest BCUT2D eigenvalue weighted by Crippen LogP contribution is -2.47. The number of amides is 1. The molecule has 2 aromatic carbocycles. The van der Waals surface area contributed by atoms with E-state index in [0.717, 1.165) is 55.6 Å². The predicted molar refractivity (Wildman–Crippen MR) is 220 cm³/mol. The molecule has 2 fully saturated rings. The number of nitrogens with one attached hydrogen (secondary N) is 3. The van der Waals surface area contributed by atoms with Gasteiger partial charge in [0, 0.05) is 65.3 Å². The Hall–Kier alpha value is -5.93. The molecule has 0 aliphatic carbocycles. The molecule has 16 heteroatoms. The Morgan fingerprint density at radius 1 is 0.807 bits per heavy atom. The Morgan fingerprint density at radius 2 is 1.32 bits per heavy atom. The highest BCUT2D eigenvalue weighted by atomic mass is 35.5. The van der Waals surface area contributed by atoms with Gasteiger partial charge in [-0.1, -0.05) is 47.5 Å². The van der Waals surface area contributed by atoms with Crippen molar-refractivity contribution in [2.75, 3.05) is 36.8 Å². The van der Waals surface area contributed by atoms with Crippen molar-refractivity contribution in [3.05, 3.63) is 94.8 Å². The monoisotopic (exact) mass is 804 g/mol. The number of aromatic nitrogens is 6. The Labute approximate surface area is 340 Å². The third kappa shape index (κ3) is 9.38. The van der Waals surface area contributed by atoms with Crippen molar-refractivity contribution < 1.29 is 9.53 Å². The molecular weight excluding hydrogens is 763 g/mol. The number of likely N-dealkylation sites (tertiary alicyclic amines) is 1. The summed E-state index contributed by atoms with van der Waals surface area (Å²) in [5, 5.41) is 30.5. The van der Waals surface area contributed by atoms with Crippen LogP contribution in [0.15, 0.2) is 73.3 Å². The van der Waals surface area contributed by atoms with Gasteiger partial charge in [0.1, 0.15) is 29.1 Å². The third-order valence-electron chi connectivity index (χ3n) is 9.55. The first kappa shape index (κ1) is 39.3. The van der Waals surface area contributed by atoms with Gasteiger partial charge in [-0.15, -0.1) is 0 Å². The average Bonchev–Trinajstić information content (AvgIpc) is 3.86. The number of fused-ring (bicyclic) bond motifs is 2. The fraction of sp³-hybridized carbons (Fsp3) is 0.341. The SMILES string of the molecule is CC(C)(C)OC(=O)N1CCC[C@H](Nc2ncc(C#N)n3cc(-c4ccc(Cl)cc4)nc23)C1.N#Cc1cnc(N[C@H]2CCCNC2)c2nc(-c3ccc(Cl)cc3)cn12. The van der Waals surface area contributed by atoms with Gasteiger partial charge in [-0.3, -0.25) is 8.80 Å². The molecule has 0 saturated carbocycles. The molecule has 0 bridgehead atoms. The van der Waals surface area contributed by atoms with Crippen molar-refractivity contribution in [3.63, 3.8) is 0 Å². The quantitative estimate of drug-likeness (QED) is 0.150. The van der Waals surface area contributed by atoms with Crippen molar-refractivity contribution in [2.24, 2.45) is 0 Å². The molecule has 6 aromatic rings. The van der Waals surface area contributed by atoms with E-state index in [0.29, 0.717) is 69.2 Å². The van der Waals surface area contributed by atoms with Crippen LogP contribution in [0, 0.1) is 22.7 Å². The van der Waals surface area contributed by atoms with E-state index in [1.165, 1.54) is 6.20 Å². The zero-order valence-electron chi connectivity index (χ0n) is 31.8. The van der Waals surface area contributed by atoms with E-state index in [9.17, 15) is 15.3 Å². The Balaban J connectivity index is 0.000000179. The number of nitriles is 2. The molecule has 2 saturated heterocycles. The number of hydrogen-bond donors (Lipinski definition) is 3. The number of benzene rings is 2. The molecule has 14 nitrogen and oxygen atoms in total. The largest absolute Gasteiger partial charge is 0.444 e. The molecule has 0 spiro atoms. The maximum Gasteiger partial charge on any atom is 0.410 e. The fourth-order valence-corrected chi connectivity index (χ4v) is 7.04. The number of ether oxygens (including phenoxy) is 1. The molecule has 57 heavy (non-hydrogen) atoms. The maximum atomic E-state index is 12.5. The van der Waals surface area contributed by atoms with Crippen LogP contribution in [0.5, 0.6) is 0 Å². The molecule has 8 rings (SSSR count). The minimum Gasteiger partial charge on any atom is -0.444 e. The van der Waals surface area contributed by atoms with Crippen LogP contribution in [0.2, 0.25) is 10.0 Å². The molecule has 3 N–H and O–H groups in total. The summed E-state index contributed by atoms with van der Waals surface area (Å²) >= 11 is 12.0. The maximum absolute atomic E-state index is 12.5. The van der Waals surface area contributed by atoms with E-state index >= 15 is 0 Å². The summed E-state index contributed by atoms with van der Waals surface area (Å²) in [5.74, 6) is 1.27. The smallest absolute Gasteiger partial charge is 0.410 e. The van der Waals surface area contributed by atoms with E-state index in [-0.39, 0.29) is 12.1 Å². The minimum atomic E-state index is -0.536. The number of piperidine rings is 2. The molecule has 6 heterocycles. The van der Waals surface area contributed by atoms with Crippen LogP contribution >= 0.6 is 23.2 Å². The summed E-state index contributed by atoms with van der Waals surface area (Å²) in [6.45, 7) is 8.70. The molecule has 292 valence electrons. The van der Waals surface area contributed by atoms with Crippen LogP contribution in [0.4, 0.5) is 16.4 Å². The second-order valence-corrected chi connectivity index (χ2v) is 15.8. The van der Waals surface area contributed by atoms with Gasteiger partial charge in [0.15, 0.2) is 22.9 Å². The van der Waals surface area contributed by atoms with E-state index in [4.69, 9.17) is 37.9 Å². The van der Waals surface area contributed by atoms with Crippen LogP contribution in [0.1, 0.15) is 57.8 Å². The van der Waals surface area contributed by atoms with Crippen molar-refractivity contribution in [3.8, 4) is 34.7 Å². The van der Waals surface area contributed by atoms with E-state index in [1.807, 2.05) is 69.6 Å². The van der Waals surface area contributed by atoms with Crippen molar-refractivity contribution in [1.82, 2.24) is 39.0 Å². The average molecular weight is 806 g/mol. The minimum absolute atomic E-state index is 0.00353. The molecule has 4 aromatic heterocycles. The summed E-state index contributed by atoms with van der Waals surface area (Å²) in [5.41, 5.74) is 4.86. The lowest BCUT2D eigenvalue weighted by atomic mass is 10.1. The highest BCUT2D eigenvalue weighted by Crippen LogP contribution is 2.28. The summed E-state index contributed by atoms with van der Waals surface area (Å²) < 4.78 is 9.04. The number of carbonyl (C=O) groups excluding carboxylic acids is 1. The van der Waals surface area contributed by atoms with Gasteiger partial charge in [-0.05, 0) is 77.3 Å². The van der Waals surface area contributed by atoms with Crippen LogP contribution in [0.3, 0.4) is 0 Å². The first-order chi connectivity index (χ1) is 27.5. The standard InChI is InChI=1S/C23H25ClN6O2.C18H17ClN6/c1-23(2,3)32-22(31)29-10-4-5-17(13-29)27-20-21-28-19(15-6-8-16(24)9-7-15)14-30(21)18(11-25)12-26-20;19-13-5-3-12(4-6-13)16-11-25-15(8-20)10-22-17(18(25)24-16)23-14-2-1-7-21-9-14/h6-9,12,14,17H,4-5,10,13H2,1-3H3,(H,26,27);3-6,10-11,14,21H,1-2,7,9H2,(H,22,23)/t17-;14-/m00/s1.